The van der Waals surface area contributed by atoms with Crippen molar-refractivity contribution in [2.45, 2.75) is 91.8 Å². The Balaban J connectivity index is 1.81. The number of azo groups is 1. The largest absolute Gasteiger partial charge is 0.375 e. The van der Waals surface area contributed by atoms with E-state index in [9.17, 15) is 4.79 Å². The molecule has 0 aromatic heterocycles. The number of halogens is 1. The molecule has 2 aliphatic rings. The van der Waals surface area contributed by atoms with Crippen molar-refractivity contribution in [1.29, 1.82) is 0 Å². The van der Waals surface area contributed by atoms with Crippen LogP contribution >= 0.6 is 11.6 Å². The molecule has 3 rings (SSSR count). The number of fused-ring (bicyclic) bond motifs is 2. The number of likely N-dealkylation sites (N-methyl/N-ethyl adjacent to an activating group) is 1. The quantitative estimate of drug-likeness (QED) is 0.181. The van der Waals surface area contributed by atoms with Crippen molar-refractivity contribution in [3.05, 3.63) is 34.3 Å². The number of unbranched alkanes of at least 4 members (excludes halogenated alkanes) is 2. The maximum Gasteiger partial charge on any atom is 0.254 e. The van der Waals surface area contributed by atoms with E-state index in [1.807, 2.05) is 25.1 Å². The fourth-order valence-corrected chi connectivity index (χ4v) is 6.09. The van der Waals surface area contributed by atoms with Crippen LogP contribution < -0.4 is 10.6 Å². The molecule has 2 fully saturated rings. The first-order chi connectivity index (χ1) is 16.1. The topological polar surface area (TPSA) is 78.2 Å². The second kappa shape index (κ2) is 11.2. The number of carbonyl (C=O) groups is 1. The van der Waals surface area contributed by atoms with Crippen molar-refractivity contribution in [3.8, 4) is 0 Å². The van der Waals surface area contributed by atoms with Gasteiger partial charge in [-0.3, -0.25) is 9.79 Å². The minimum atomic E-state index is -0.779. The second-order valence-corrected chi connectivity index (χ2v) is 11.4. The summed E-state index contributed by atoms with van der Waals surface area (Å²) in [7, 11) is 1.79. The van der Waals surface area contributed by atoms with Crippen LogP contribution in [0.1, 0.15) is 77.3 Å². The van der Waals surface area contributed by atoms with Crippen molar-refractivity contribution in [1.82, 2.24) is 10.6 Å². The molecule has 0 aliphatic heterocycles. The number of hydrogen-bond acceptors (Lipinski definition) is 4. The summed E-state index contributed by atoms with van der Waals surface area (Å²) in [6.45, 7) is 12.1. The van der Waals surface area contributed by atoms with Crippen molar-refractivity contribution >= 4 is 23.3 Å². The molecule has 34 heavy (non-hydrogen) atoms. The summed E-state index contributed by atoms with van der Waals surface area (Å²) in [5.41, 5.74) is 2.26. The fraction of sp³-hybridized carbons (Fsp3) is 0.704. The van der Waals surface area contributed by atoms with Gasteiger partial charge in [-0.25, -0.2) is 0 Å². The van der Waals surface area contributed by atoms with Crippen molar-refractivity contribution in [2.75, 3.05) is 13.6 Å². The number of amides is 1. The molecule has 1 aromatic carbocycles. The highest BCUT2D eigenvalue weighted by molar-refractivity contribution is 6.31. The number of hydrogen-bond donors (Lipinski definition) is 2. The molecule has 0 spiro atoms. The zero-order valence-electron chi connectivity index (χ0n) is 21.7. The molecule has 0 radical (unpaired) electrons. The van der Waals surface area contributed by atoms with Crippen LogP contribution in [0.2, 0.25) is 5.02 Å². The molecule has 2 N–H and O–H groups in total. The van der Waals surface area contributed by atoms with E-state index in [1.54, 1.807) is 7.05 Å². The maximum atomic E-state index is 13.6. The van der Waals surface area contributed by atoms with Gasteiger partial charge in [0.1, 0.15) is 5.84 Å². The monoisotopic (exact) mass is 487 g/mol. The molecule has 0 saturated heterocycles. The average Bonchev–Trinajstić information content (AvgIpc) is 3.28. The van der Waals surface area contributed by atoms with Gasteiger partial charge in [0.15, 0.2) is 0 Å². The normalized spacial score (nSPS) is 26.7. The molecule has 2 aliphatic carbocycles. The van der Waals surface area contributed by atoms with Gasteiger partial charge in [-0.1, -0.05) is 64.3 Å². The van der Waals surface area contributed by atoms with Crippen LogP contribution in [0.3, 0.4) is 0 Å². The van der Waals surface area contributed by atoms with Crippen molar-refractivity contribution < 1.29 is 4.79 Å². The van der Waals surface area contributed by atoms with E-state index >= 15 is 0 Å². The Morgan fingerprint density at radius 1 is 1.26 bits per heavy atom. The van der Waals surface area contributed by atoms with E-state index in [1.165, 1.54) is 12.8 Å². The SMILES string of the molecule is CCCCC/N=N/C(C(=O)NC1C2(C)CCC(C2)C1(C)C)/C(=N/Cc1ccc(Cl)c(C)c1)NC. The molecule has 4 atom stereocenters. The first-order valence-corrected chi connectivity index (χ1v) is 13.1. The van der Waals surface area contributed by atoms with E-state index in [-0.39, 0.29) is 22.8 Å². The smallest absolute Gasteiger partial charge is 0.254 e. The van der Waals surface area contributed by atoms with Crippen LogP contribution in [0, 0.1) is 23.7 Å². The summed E-state index contributed by atoms with van der Waals surface area (Å²) in [6.07, 6.45) is 6.80. The summed E-state index contributed by atoms with van der Waals surface area (Å²) in [6, 6.07) is 5.22. The number of benzene rings is 1. The van der Waals surface area contributed by atoms with Crippen LogP contribution in [-0.4, -0.2) is 37.4 Å². The Morgan fingerprint density at radius 2 is 2.03 bits per heavy atom. The van der Waals surface area contributed by atoms with Gasteiger partial charge in [-0.15, -0.1) is 0 Å². The molecule has 1 aromatic rings. The second-order valence-electron chi connectivity index (χ2n) is 11.0. The van der Waals surface area contributed by atoms with Crippen LogP contribution in [0.25, 0.3) is 0 Å². The van der Waals surface area contributed by atoms with Gasteiger partial charge in [0.05, 0.1) is 13.1 Å². The standard InChI is InChI=1S/C27H42ClN5O/c1-7-8-9-14-31-33-22(23(29-6)30-17-19-10-11-21(28)18(2)15-19)24(34)32-25-26(3,4)20-12-13-27(25,5)16-20/h10-11,15,20,22,25H,7-9,12-14,16-17H2,1-6H3,(H,29,30)(H,32,34)/b33-31+. The van der Waals surface area contributed by atoms with Gasteiger partial charge in [-0.2, -0.15) is 10.2 Å². The molecular formula is C27H42ClN5O. The minimum absolute atomic E-state index is 0.0727. The summed E-state index contributed by atoms with van der Waals surface area (Å²) < 4.78 is 0. The Morgan fingerprint density at radius 3 is 2.65 bits per heavy atom. The Bertz CT molecular complexity index is 923. The van der Waals surface area contributed by atoms with Crippen molar-refractivity contribution in [2.24, 2.45) is 32.0 Å². The van der Waals surface area contributed by atoms with Crippen LogP contribution in [0.4, 0.5) is 0 Å². The Hall–Kier alpha value is -1.95. The molecule has 7 heteroatoms. The first kappa shape index (κ1) is 26.7. The fourth-order valence-electron chi connectivity index (χ4n) is 5.97. The number of carbonyl (C=O) groups excluding carboxylic acids is 1. The molecule has 1 amide bonds. The summed E-state index contributed by atoms with van der Waals surface area (Å²) in [4.78, 5) is 18.4. The van der Waals surface area contributed by atoms with E-state index in [4.69, 9.17) is 16.6 Å². The first-order valence-electron chi connectivity index (χ1n) is 12.8. The Labute approximate surface area is 210 Å². The molecule has 2 saturated carbocycles. The lowest BCUT2D eigenvalue weighted by Crippen LogP contribution is -2.56. The lowest BCUT2D eigenvalue weighted by atomic mass is 9.68. The highest BCUT2D eigenvalue weighted by atomic mass is 35.5. The van der Waals surface area contributed by atoms with Crippen LogP contribution in [0.5, 0.6) is 0 Å². The van der Waals surface area contributed by atoms with Gasteiger partial charge in [-0.05, 0) is 66.5 Å². The molecule has 6 nitrogen and oxygen atoms in total. The highest BCUT2D eigenvalue weighted by Crippen LogP contribution is 2.62. The van der Waals surface area contributed by atoms with Crippen LogP contribution in [-0.2, 0) is 11.3 Å². The maximum absolute atomic E-state index is 13.6. The molecule has 2 bridgehead atoms. The average molecular weight is 488 g/mol. The highest BCUT2D eigenvalue weighted by Gasteiger charge is 2.60. The molecule has 4 unspecified atom stereocenters. The number of aryl methyl sites for hydroxylation is 1. The zero-order valence-corrected chi connectivity index (χ0v) is 22.5. The number of amidine groups is 1. The summed E-state index contributed by atoms with van der Waals surface area (Å²) in [5.74, 6) is 1.07. The molecule has 0 heterocycles. The predicted molar refractivity (Wildman–Crippen MR) is 141 cm³/mol. The van der Waals surface area contributed by atoms with Gasteiger partial charge in [0.2, 0.25) is 6.04 Å². The lowest BCUT2D eigenvalue weighted by Gasteiger charge is -2.43. The third-order valence-corrected chi connectivity index (χ3v) is 8.46. The number of nitrogens with zero attached hydrogens (tertiary/aromatic N) is 3. The number of rotatable bonds is 10. The van der Waals surface area contributed by atoms with E-state index in [0.717, 1.165) is 41.8 Å². The third-order valence-electron chi connectivity index (χ3n) is 8.03. The number of nitrogens with one attached hydrogen (secondary N) is 2. The number of aliphatic imine (C=N–C) groups is 1. The molecule has 188 valence electrons. The van der Waals surface area contributed by atoms with Gasteiger partial charge in [0.25, 0.3) is 5.91 Å². The minimum Gasteiger partial charge on any atom is -0.375 e. The molecular weight excluding hydrogens is 446 g/mol. The lowest BCUT2D eigenvalue weighted by molar-refractivity contribution is -0.123. The van der Waals surface area contributed by atoms with Crippen LogP contribution in [0.15, 0.2) is 33.4 Å². The van der Waals surface area contributed by atoms with Gasteiger partial charge in [0, 0.05) is 18.1 Å². The summed E-state index contributed by atoms with van der Waals surface area (Å²) in [5, 5.41) is 16.1. The summed E-state index contributed by atoms with van der Waals surface area (Å²) >= 11 is 6.17. The van der Waals surface area contributed by atoms with E-state index < -0.39 is 6.04 Å². The zero-order chi connectivity index (χ0) is 24.9. The van der Waals surface area contributed by atoms with E-state index in [0.29, 0.717) is 24.8 Å². The Kier molecular flexibility index (Phi) is 8.77. The third kappa shape index (κ3) is 5.81. The van der Waals surface area contributed by atoms with Crippen molar-refractivity contribution in [3.63, 3.8) is 0 Å². The van der Waals surface area contributed by atoms with Gasteiger partial charge >= 0.3 is 0 Å². The predicted octanol–water partition coefficient (Wildman–Crippen LogP) is 6.11. The van der Waals surface area contributed by atoms with E-state index in [2.05, 4.69) is 48.6 Å². The van der Waals surface area contributed by atoms with Gasteiger partial charge < -0.3 is 10.6 Å².